The van der Waals surface area contributed by atoms with Crippen molar-refractivity contribution in [3.8, 4) is 5.75 Å². The Kier molecular flexibility index (Phi) is 4.81. The zero-order valence-corrected chi connectivity index (χ0v) is 11.1. The van der Waals surface area contributed by atoms with Crippen molar-refractivity contribution in [3.63, 3.8) is 0 Å². The molecule has 0 aliphatic heterocycles. The summed E-state index contributed by atoms with van der Waals surface area (Å²) < 4.78 is 10.8. The third-order valence-electron chi connectivity index (χ3n) is 2.90. The van der Waals surface area contributed by atoms with Crippen molar-refractivity contribution in [2.24, 2.45) is 0 Å². The van der Waals surface area contributed by atoms with Gasteiger partial charge in [-0.05, 0) is 29.3 Å². The predicted octanol–water partition coefficient (Wildman–Crippen LogP) is 3.04. The fourth-order valence-electron chi connectivity index (χ4n) is 1.93. The summed E-state index contributed by atoms with van der Waals surface area (Å²) in [5.41, 5.74) is 8.94. The monoisotopic (exact) mass is 257 g/mol. The maximum absolute atomic E-state index is 5.89. The van der Waals surface area contributed by atoms with Gasteiger partial charge in [0.1, 0.15) is 5.75 Å². The van der Waals surface area contributed by atoms with Crippen LogP contribution in [0.5, 0.6) is 5.75 Å². The first-order chi connectivity index (χ1) is 9.29. The molecule has 0 amide bonds. The topological polar surface area (TPSA) is 44.5 Å². The molecular formula is C16H19NO2. The number of hydrogen-bond donors (Lipinski definition) is 1. The Balaban J connectivity index is 1.89. The fraction of sp³-hybridized carbons (Fsp3) is 0.250. The lowest BCUT2D eigenvalue weighted by atomic mass is 10.1. The van der Waals surface area contributed by atoms with Crippen LogP contribution in [0.4, 0.5) is 5.69 Å². The van der Waals surface area contributed by atoms with E-state index in [0.29, 0.717) is 13.2 Å². The molecule has 2 N–H and O–H groups in total. The van der Waals surface area contributed by atoms with E-state index in [1.807, 2.05) is 48.5 Å². The Labute approximate surface area is 114 Å². The first-order valence-corrected chi connectivity index (χ1v) is 6.33. The van der Waals surface area contributed by atoms with E-state index in [0.717, 1.165) is 29.0 Å². The van der Waals surface area contributed by atoms with Crippen LogP contribution in [0.3, 0.4) is 0 Å². The van der Waals surface area contributed by atoms with Crippen molar-refractivity contribution in [1.29, 1.82) is 0 Å². The number of methoxy groups -OCH3 is 1. The van der Waals surface area contributed by atoms with Crippen molar-refractivity contribution < 1.29 is 9.47 Å². The predicted molar refractivity (Wildman–Crippen MR) is 77.2 cm³/mol. The highest BCUT2D eigenvalue weighted by Crippen LogP contribution is 2.16. The summed E-state index contributed by atoms with van der Waals surface area (Å²) in [5.74, 6) is 0.865. The molecule has 2 aromatic rings. The van der Waals surface area contributed by atoms with Crippen LogP contribution in [0.1, 0.15) is 11.1 Å². The van der Waals surface area contributed by atoms with Crippen molar-refractivity contribution >= 4 is 5.69 Å². The lowest BCUT2D eigenvalue weighted by Gasteiger charge is -2.09. The number of rotatable bonds is 6. The second kappa shape index (κ2) is 6.81. The van der Waals surface area contributed by atoms with Gasteiger partial charge in [-0.1, -0.05) is 30.3 Å². The van der Waals surface area contributed by atoms with Crippen LogP contribution < -0.4 is 10.5 Å². The number of benzene rings is 2. The average molecular weight is 257 g/mol. The van der Waals surface area contributed by atoms with Crippen molar-refractivity contribution in [2.45, 2.75) is 13.0 Å². The lowest BCUT2D eigenvalue weighted by Crippen LogP contribution is -2.04. The highest BCUT2D eigenvalue weighted by atomic mass is 16.5. The highest BCUT2D eigenvalue weighted by molar-refractivity contribution is 5.46. The molecule has 2 aromatic carbocycles. The molecule has 0 aromatic heterocycles. The van der Waals surface area contributed by atoms with Crippen LogP contribution in [0.25, 0.3) is 0 Å². The normalized spacial score (nSPS) is 10.4. The minimum atomic E-state index is 0.600. The number of ether oxygens (including phenoxy) is 2. The first kappa shape index (κ1) is 13.4. The molecule has 0 atom stereocenters. The van der Waals surface area contributed by atoms with Gasteiger partial charge in [0, 0.05) is 19.2 Å². The van der Waals surface area contributed by atoms with Gasteiger partial charge in [0.2, 0.25) is 0 Å². The Hall–Kier alpha value is -2.00. The Morgan fingerprint density at radius 2 is 1.89 bits per heavy atom. The van der Waals surface area contributed by atoms with Gasteiger partial charge in [0.05, 0.1) is 13.2 Å². The van der Waals surface area contributed by atoms with Crippen LogP contribution in [-0.2, 0) is 17.8 Å². The Morgan fingerprint density at radius 1 is 1.05 bits per heavy atom. The number of hydrogen-bond acceptors (Lipinski definition) is 3. The third kappa shape index (κ3) is 4.00. The molecule has 0 aliphatic rings. The molecule has 0 radical (unpaired) electrons. The SMILES string of the molecule is COCc1cccc(OCCc2ccccc2N)c1. The molecule has 100 valence electrons. The quantitative estimate of drug-likeness (QED) is 0.809. The molecule has 0 aliphatic carbocycles. The number of para-hydroxylation sites is 1. The second-order valence-corrected chi connectivity index (χ2v) is 4.38. The molecular weight excluding hydrogens is 238 g/mol. The van der Waals surface area contributed by atoms with Crippen molar-refractivity contribution in [3.05, 3.63) is 59.7 Å². The van der Waals surface area contributed by atoms with Crippen molar-refractivity contribution in [2.75, 3.05) is 19.5 Å². The number of anilines is 1. The van der Waals surface area contributed by atoms with Gasteiger partial charge in [-0.3, -0.25) is 0 Å². The molecule has 0 saturated heterocycles. The van der Waals surface area contributed by atoms with Gasteiger partial charge in [-0.2, -0.15) is 0 Å². The van der Waals surface area contributed by atoms with Gasteiger partial charge in [0.25, 0.3) is 0 Å². The van der Waals surface area contributed by atoms with Gasteiger partial charge >= 0.3 is 0 Å². The van der Waals surface area contributed by atoms with E-state index in [9.17, 15) is 0 Å². The summed E-state index contributed by atoms with van der Waals surface area (Å²) >= 11 is 0. The molecule has 0 bridgehead atoms. The standard InChI is InChI=1S/C16H19NO2/c1-18-12-13-5-4-7-15(11-13)19-10-9-14-6-2-3-8-16(14)17/h2-8,11H,9-10,12,17H2,1H3. The molecule has 2 rings (SSSR count). The molecule has 3 nitrogen and oxygen atoms in total. The maximum atomic E-state index is 5.89. The summed E-state index contributed by atoms with van der Waals surface area (Å²) in [6.45, 7) is 1.22. The smallest absolute Gasteiger partial charge is 0.119 e. The minimum Gasteiger partial charge on any atom is -0.493 e. The molecule has 0 spiro atoms. The largest absolute Gasteiger partial charge is 0.493 e. The Morgan fingerprint density at radius 3 is 2.68 bits per heavy atom. The van der Waals surface area contributed by atoms with E-state index in [2.05, 4.69) is 0 Å². The molecule has 0 unspecified atom stereocenters. The molecule has 19 heavy (non-hydrogen) atoms. The number of nitrogen functional groups attached to an aromatic ring is 1. The minimum absolute atomic E-state index is 0.600. The van der Waals surface area contributed by atoms with Crippen LogP contribution in [-0.4, -0.2) is 13.7 Å². The summed E-state index contributed by atoms with van der Waals surface area (Å²) in [7, 11) is 1.69. The summed E-state index contributed by atoms with van der Waals surface area (Å²) in [6.07, 6.45) is 0.807. The second-order valence-electron chi connectivity index (χ2n) is 4.38. The number of nitrogens with two attached hydrogens (primary N) is 1. The average Bonchev–Trinajstić information content (AvgIpc) is 2.42. The Bertz CT molecular complexity index is 526. The van der Waals surface area contributed by atoms with Crippen LogP contribution in [0, 0.1) is 0 Å². The third-order valence-corrected chi connectivity index (χ3v) is 2.90. The van der Waals surface area contributed by atoms with Gasteiger partial charge in [-0.25, -0.2) is 0 Å². The lowest BCUT2D eigenvalue weighted by molar-refractivity contribution is 0.184. The van der Waals surface area contributed by atoms with Crippen LogP contribution in [0.2, 0.25) is 0 Å². The van der Waals surface area contributed by atoms with Crippen LogP contribution in [0.15, 0.2) is 48.5 Å². The van der Waals surface area contributed by atoms with Gasteiger partial charge in [-0.15, -0.1) is 0 Å². The fourth-order valence-corrected chi connectivity index (χ4v) is 1.93. The van der Waals surface area contributed by atoms with E-state index in [4.69, 9.17) is 15.2 Å². The highest BCUT2D eigenvalue weighted by Gasteiger charge is 2.00. The first-order valence-electron chi connectivity index (χ1n) is 6.33. The summed E-state index contributed by atoms with van der Waals surface area (Å²) in [4.78, 5) is 0. The summed E-state index contributed by atoms with van der Waals surface area (Å²) in [6, 6.07) is 15.8. The zero-order chi connectivity index (χ0) is 13.5. The van der Waals surface area contributed by atoms with E-state index < -0.39 is 0 Å². The molecule has 0 saturated carbocycles. The van der Waals surface area contributed by atoms with E-state index >= 15 is 0 Å². The molecule has 0 heterocycles. The van der Waals surface area contributed by atoms with Crippen molar-refractivity contribution in [1.82, 2.24) is 0 Å². The zero-order valence-electron chi connectivity index (χ0n) is 11.1. The van der Waals surface area contributed by atoms with E-state index in [1.165, 1.54) is 0 Å². The van der Waals surface area contributed by atoms with Crippen LogP contribution >= 0.6 is 0 Å². The van der Waals surface area contributed by atoms with Gasteiger partial charge < -0.3 is 15.2 Å². The molecule has 0 fully saturated rings. The van der Waals surface area contributed by atoms with E-state index in [1.54, 1.807) is 7.11 Å². The van der Waals surface area contributed by atoms with Gasteiger partial charge in [0.15, 0.2) is 0 Å². The maximum Gasteiger partial charge on any atom is 0.119 e. The van der Waals surface area contributed by atoms with E-state index in [-0.39, 0.29) is 0 Å². The molecule has 3 heteroatoms. The summed E-state index contributed by atoms with van der Waals surface area (Å²) in [5, 5.41) is 0.